The number of hydrogen-bond acceptors (Lipinski definition) is 2. The molecule has 0 aliphatic rings. The molecule has 0 fully saturated rings. The Labute approximate surface area is 78.5 Å². The first kappa shape index (κ1) is 9.47. The van der Waals surface area contributed by atoms with E-state index in [2.05, 4.69) is 5.92 Å². The van der Waals surface area contributed by atoms with Crippen LogP contribution in [0.3, 0.4) is 0 Å². The monoisotopic (exact) mass is 176 g/mol. The summed E-state index contributed by atoms with van der Waals surface area (Å²) in [5.74, 6) is 4.15. The van der Waals surface area contributed by atoms with Gasteiger partial charge in [-0.3, -0.25) is 0 Å². The quantitative estimate of drug-likeness (QED) is 0.516. The summed E-state index contributed by atoms with van der Waals surface area (Å²) in [6.45, 7) is 0.558. The van der Waals surface area contributed by atoms with Crippen LogP contribution in [0, 0.1) is 12.3 Å². The van der Waals surface area contributed by atoms with Crippen LogP contribution in [0.4, 0.5) is 0 Å². The van der Waals surface area contributed by atoms with Crippen LogP contribution in [0.1, 0.15) is 6.42 Å². The maximum Gasteiger partial charge on any atom is 0.119 e. The predicted octanol–water partition coefficient (Wildman–Crippen LogP) is 2.10. The van der Waals surface area contributed by atoms with Gasteiger partial charge in [-0.25, -0.2) is 0 Å². The van der Waals surface area contributed by atoms with E-state index in [4.69, 9.17) is 15.9 Å². The normalized spacial score (nSPS) is 8.92. The average Bonchev–Trinajstić information content (AvgIpc) is 2.19. The molecule has 0 saturated heterocycles. The van der Waals surface area contributed by atoms with Crippen molar-refractivity contribution in [2.24, 2.45) is 0 Å². The Hall–Kier alpha value is -1.62. The molecule has 0 aliphatic heterocycles. The van der Waals surface area contributed by atoms with E-state index in [1.807, 2.05) is 24.3 Å². The molecule has 68 valence electrons. The highest BCUT2D eigenvalue weighted by Crippen LogP contribution is 2.16. The summed E-state index contributed by atoms with van der Waals surface area (Å²) in [7, 11) is 1.63. The molecule has 0 saturated carbocycles. The van der Waals surface area contributed by atoms with Gasteiger partial charge >= 0.3 is 0 Å². The molecule has 0 bridgehead atoms. The van der Waals surface area contributed by atoms with Gasteiger partial charge < -0.3 is 9.47 Å². The summed E-state index contributed by atoms with van der Waals surface area (Å²) in [5.41, 5.74) is 0. The van der Waals surface area contributed by atoms with Crippen molar-refractivity contribution in [3.8, 4) is 23.8 Å². The van der Waals surface area contributed by atoms with Gasteiger partial charge in [-0.15, -0.1) is 12.3 Å². The van der Waals surface area contributed by atoms with Crippen LogP contribution in [0.25, 0.3) is 0 Å². The summed E-state index contributed by atoms with van der Waals surface area (Å²) < 4.78 is 10.4. The van der Waals surface area contributed by atoms with Crippen molar-refractivity contribution in [2.45, 2.75) is 6.42 Å². The first-order valence-corrected chi connectivity index (χ1v) is 4.07. The van der Waals surface area contributed by atoms with E-state index in [1.165, 1.54) is 0 Å². The van der Waals surface area contributed by atoms with Crippen molar-refractivity contribution in [1.82, 2.24) is 0 Å². The van der Waals surface area contributed by atoms with Gasteiger partial charge in [0.25, 0.3) is 0 Å². The Bertz CT molecular complexity index is 282. The van der Waals surface area contributed by atoms with E-state index < -0.39 is 0 Å². The van der Waals surface area contributed by atoms with Crippen molar-refractivity contribution in [2.75, 3.05) is 13.7 Å². The lowest BCUT2D eigenvalue weighted by Gasteiger charge is -2.04. The van der Waals surface area contributed by atoms with Crippen LogP contribution >= 0.6 is 0 Å². The number of ether oxygens (including phenoxy) is 2. The smallest absolute Gasteiger partial charge is 0.119 e. The summed E-state index contributed by atoms with van der Waals surface area (Å²) >= 11 is 0. The van der Waals surface area contributed by atoms with Crippen LogP contribution in [-0.4, -0.2) is 13.7 Å². The molecule has 1 rings (SSSR count). The van der Waals surface area contributed by atoms with E-state index >= 15 is 0 Å². The van der Waals surface area contributed by atoms with E-state index in [-0.39, 0.29) is 0 Å². The molecule has 0 radical (unpaired) electrons. The van der Waals surface area contributed by atoms with Crippen molar-refractivity contribution < 1.29 is 9.47 Å². The van der Waals surface area contributed by atoms with E-state index in [0.717, 1.165) is 11.5 Å². The van der Waals surface area contributed by atoms with Crippen LogP contribution < -0.4 is 9.47 Å². The zero-order valence-electron chi connectivity index (χ0n) is 7.62. The topological polar surface area (TPSA) is 18.5 Å². The molecular weight excluding hydrogens is 164 g/mol. The molecule has 0 amide bonds. The molecule has 2 heteroatoms. The van der Waals surface area contributed by atoms with Gasteiger partial charge in [0.15, 0.2) is 0 Å². The third-order valence-electron chi connectivity index (χ3n) is 1.57. The first-order valence-electron chi connectivity index (χ1n) is 4.07. The third kappa shape index (κ3) is 3.08. The summed E-state index contributed by atoms with van der Waals surface area (Å²) in [5, 5.41) is 0. The minimum atomic E-state index is 0.558. The lowest BCUT2D eigenvalue weighted by Crippen LogP contribution is -1.95. The largest absolute Gasteiger partial charge is 0.497 e. The maximum atomic E-state index is 5.35. The zero-order valence-corrected chi connectivity index (χ0v) is 7.62. The number of hydrogen-bond donors (Lipinski definition) is 0. The average molecular weight is 176 g/mol. The van der Waals surface area contributed by atoms with Crippen LogP contribution in [-0.2, 0) is 0 Å². The maximum absolute atomic E-state index is 5.35. The Morgan fingerprint density at radius 3 is 2.38 bits per heavy atom. The minimum Gasteiger partial charge on any atom is -0.497 e. The van der Waals surface area contributed by atoms with Gasteiger partial charge in [-0.05, 0) is 24.3 Å². The molecule has 0 aromatic heterocycles. The minimum absolute atomic E-state index is 0.558. The molecule has 0 heterocycles. The van der Waals surface area contributed by atoms with Gasteiger partial charge in [0.05, 0.1) is 13.7 Å². The Morgan fingerprint density at radius 1 is 1.23 bits per heavy atom. The summed E-state index contributed by atoms with van der Waals surface area (Å²) in [6.07, 6.45) is 5.72. The van der Waals surface area contributed by atoms with Gasteiger partial charge in [0.2, 0.25) is 0 Å². The molecule has 0 aliphatic carbocycles. The molecule has 1 aromatic carbocycles. The second-order valence-corrected chi connectivity index (χ2v) is 2.48. The fourth-order valence-electron chi connectivity index (χ4n) is 0.900. The number of terminal acetylenes is 1. The fraction of sp³-hybridized carbons (Fsp3) is 0.273. The summed E-state index contributed by atoms with van der Waals surface area (Å²) in [6, 6.07) is 7.42. The molecule has 0 unspecified atom stereocenters. The standard InChI is InChI=1S/C11H12O2/c1-3-4-9-13-11-7-5-10(12-2)6-8-11/h1,5-8H,4,9H2,2H3. The highest BCUT2D eigenvalue weighted by Gasteiger charge is 1.93. The molecule has 2 nitrogen and oxygen atoms in total. The van der Waals surface area contributed by atoms with Gasteiger partial charge in [0.1, 0.15) is 11.5 Å². The van der Waals surface area contributed by atoms with E-state index in [1.54, 1.807) is 7.11 Å². The molecule has 0 spiro atoms. The Morgan fingerprint density at radius 2 is 1.85 bits per heavy atom. The van der Waals surface area contributed by atoms with Gasteiger partial charge in [-0.2, -0.15) is 0 Å². The summed E-state index contributed by atoms with van der Waals surface area (Å²) in [4.78, 5) is 0. The van der Waals surface area contributed by atoms with Crippen molar-refractivity contribution in [3.05, 3.63) is 24.3 Å². The zero-order chi connectivity index (χ0) is 9.52. The Balaban J connectivity index is 2.45. The van der Waals surface area contributed by atoms with E-state index in [0.29, 0.717) is 13.0 Å². The van der Waals surface area contributed by atoms with Gasteiger partial charge in [-0.1, -0.05) is 0 Å². The molecular formula is C11H12O2. The number of methoxy groups -OCH3 is 1. The van der Waals surface area contributed by atoms with Gasteiger partial charge in [0, 0.05) is 6.42 Å². The number of benzene rings is 1. The van der Waals surface area contributed by atoms with Crippen molar-refractivity contribution in [3.63, 3.8) is 0 Å². The SMILES string of the molecule is C#CCCOc1ccc(OC)cc1. The predicted molar refractivity (Wildman–Crippen MR) is 51.9 cm³/mol. The van der Waals surface area contributed by atoms with Crippen molar-refractivity contribution >= 4 is 0 Å². The second kappa shape index (κ2) is 5.10. The molecule has 1 aromatic rings. The lowest BCUT2D eigenvalue weighted by atomic mass is 10.3. The highest BCUT2D eigenvalue weighted by molar-refractivity contribution is 5.31. The third-order valence-corrected chi connectivity index (χ3v) is 1.57. The first-order chi connectivity index (χ1) is 6.36. The second-order valence-electron chi connectivity index (χ2n) is 2.48. The highest BCUT2D eigenvalue weighted by atomic mass is 16.5. The molecule has 0 N–H and O–H groups in total. The molecule has 0 atom stereocenters. The molecule has 13 heavy (non-hydrogen) atoms. The van der Waals surface area contributed by atoms with Crippen LogP contribution in [0.5, 0.6) is 11.5 Å². The number of rotatable bonds is 4. The van der Waals surface area contributed by atoms with Crippen LogP contribution in [0.2, 0.25) is 0 Å². The Kier molecular flexibility index (Phi) is 3.72. The lowest BCUT2D eigenvalue weighted by molar-refractivity contribution is 0.326. The van der Waals surface area contributed by atoms with E-state index in [9.17, 15) is 0 Å². The van der Waals surface area contributed by atoms with Crippen LogP contribution in [0.15, 0.2) is 24.3 Å². The van der Waals surface area contributed by atoms with Crippen molar-refractivity contribution in [1.29, 1.82) is 0 Å². The fourth-order valence-corrected chi connectivity index (χ4v) is 0.900.